The molecule has 0 aromatic carbocycles. The molecule has 0 bridgehead atoms. The number of hydrogen-bond donors (Lipinski definition) is 1. The van der Waals surface area contributed by atoms with Crippen LogP contribution in [0, 0.1) is 13.8 Å². The van der Waals surface area contributed by atoms with Crippen LogP contribution in [0.25, 0.3) is 0 Å². The van der Waals surface area contributed by atoms with E-state index in [0.29, 0.717) is 13.1 Å². The number of aromatic carboxylic acids is 1. The van der Waals surface area contributed by atoms with Gasteiger partial charge in [0, 0.05) is 47.4 Å². The van der Waals surface area contributed by atoms with Crippen LogP contribution < -0.4 is 0 Å². The van der Waals surface area contributed by atoms with Crippen molar-refractivity contribution in [1.82, 2.24) is 14.7 Å². The van der Waals surface area contributed by atoms with Crippen LogP contribution in [-0.4, -0.2) is 50.5 Å². The summed E-state index contributed by atoms with van der Waals surface area (Å²) >= 11 is 1.60. The van der Waals surface area contributed by atoms with Crippen LogP contribution in [0.3, 0.4) is 0 Å². The highest BCUT2D eigenvalue weighted by atomic mass is 32.1. The number of carbonyl (C=O) groups excluding carboxylic acids is 2. The largest absolute Gasteiger partial charge is 0.478 e. The Hall–Kier alpha value is -2.48. The average Bonchev–Trinajstić information content (AvgIpc) is 3.26. The lowest BCUT2D eigenvalue weighted by Crippen LogP contribution is -2.39. The minimum atomic E-state index is -0.991. The van der Waals surface area contributed by atoms with Gasteiger partial charge in [-0.2, -0.15) is 5.10 Å². The normalized spacial score (nSPS) is 15.1. The SMILES string of the molecule is Cc1cc(C(=O)CCC(=O)N2CCC(n3cc(C(=O)O)cn3)CC2)c(C)s1. The first kappa shape index (κ1) is 19.3. The summed E-state index contributed by atoms with van der Waals surface area (Å²) in [6, 6.07) is 1.99. The van der Waals surface area contributed by atoms with Crippen molar-refractivity contribution in [2.45, 2.75) is 45.6 Å². The van der Waals surface area contributed by atoms with Crippen LogP contribution >= 0.6 is 11.3 Å². The van der Waals surface area contributed by atoms with Gasteiger partial charge in [-0.15, -0.1) is 11.3 Å². The highest BCUT2D eigenvalue weighted by molar-refractivity contribution is 7.12. The minimum absolute atomic E-state index is 0.00176. The third-order valence-electron chi connectivity index (χ3n) is 4.95. The molecule has 8 heteroatoms. The number of thiophene rings is 1. The van der Waals surface area contributed by atoms with Crippen molar-refractivity contribution in [2.75, 3.05) is 13.1 Å². The first-order valence-electron chi connectivity index (χ1n) is 9.00. The second-order valence-electron chi connectivity index (χ2n) is 6.88. The molecule has 2 aromatic rings. The lowest BCUT2D eigenvalue weighted by atomic mass is 10.0. The molecule has 3 rings (SSSR count). The molecule has 0 aliphatic carbocycles. The Morgan fingerprint density at radius 3 is 2.48 bits per heavy atom. The zero-order valence-corrected chi connectivity index (χ0v) is 16.3. The molecule has 0 radical (unpaired) electrons. The summed E-state index contributed by atoms with van der Waals surface area (Å²) in [6.07, 6.45) is 4.79. The topological polar surface area (TPSA) is 92.5 Å². The molecule has 1 aliphatic rings. The molecule has 2 aromatic heterocycles. The van der Waals surface area contributed by atoms with Gasteiger partial charge in [-0.25, -0.2) is 4.79 Å². The molecule has 0 spiro atoms. The molecular weight excluding hydrogens is 366 g/mol. The standard InChI is InChI=1S/C19H23N3O4S/c1-12-9-16(13(2)27-12)17(23)3-4-18(24)21-7-5-15(6-8-21)22-11-14(10-20-22)19(25)26/h9-11,15H,3-8H2,1-2H3,(H,25,26). The predicted octanol–water partition coefficient (Wildman–Crippen LogP) is 3.09. The molecule has 1 fully saturated rings. The fraction of sp³-hybridized carbons (Fsp3) is 0.474. The van der Waals surface area contributed by atoms with Crippen LogP contribution in [0.15, 0.2) is 18.5 Å². The molecule has 1 aliphatic heterocycles. The number of aryl methyl sites for hydroxylation is 2. The summed E-state index contributed by atoms with van der Waals surface area (Å²) in [6.45, 7) is 5.10. The van der Waals surface area contributed by atoms with E-state index in [1.165, 1.54) is 12.4 Å². The summed E-state index contributed by atoms with van der Waals surface area (Å²) in [5.74, 6) is -0.967. The number of rotatable bonds is 6. The summed E-state index contributed by atoms with van der Waals surface area (Å²) in [5.41, 5.74) is 0.905. The van der Waals surface area contributed by atoms with Gasteiger partial charge in [-0.1, -0.05) is 0 Å². The predicted molar refractivity (Wildman–Crippen MR) is 101 cm³/mol. The van der Waals surface area contributed by atoms with Crippen molar-refractivity contribution in [3.63, 3.8) is 0 Å². The van der Waals surface area contributed by atoms with Crippen LogP contribution in [0.1, 0.15) is 62.2 Å². The Morgan fingerprint density at radius 2 is 1.93 bits per heavy atom. The Bertz CT molecular complexity index is 862. The van der Waals surface area contributed by atoms with E-state index in [-0.39, 0.29) is 36.1 Å². The van der Waals surface area contributed by atoms with E-state index in [2.05, 4.69) is 5.10 Å². The molecule has 3 heterocycles. The maximum atomic E-state index is 12.4. The summed E-state index contributed by atoms with van der Waals surface area (Å²) in [4.78, 5) is 39.6. The van der Waals surface area contributed by atoms with Crippen molar-refractivity contribution in [2.24, 2.45) is 0 Å². The highest BCUT2D eigenvalue weighted by Crippen LogP contribution is 2.24. The van der Waals surface area contributed by atoms with Gasteiger partial charge >= 0.3 is 5.97 Å². The number of carboxylic acids is 1. The Balaban J connectivity index is 1.49. The molecule has 0 unspecified atom stereocenters. The van der Waals surface area contributed by atoms with Crippen LogP contribution in [0.2, 0.25) is 0 Å². The summed E-state index contributed by atoms with van der Waals surface area (Å²) < 4.78 is 1.68. The van der Waals surface area contributed by atoms with Gasteiger partial charge in [-0.05, 0) is 32.8 Å². The zero-order chi connectivity index (χ0) is 19.6. The lowest BCUT2D eigenvalue weighted by molar-refractivity contribution is -0.132. The van der Waals surface area contributed by atoms with Gasteiger partial charge in [0.05, 0.1) is 17.8 Å². The number of likely N-dealkylation sites (tertiary alicyclic amines) is 1. The van der Waals surface area contributed by atoms with E-state index in [9.17, 15) is 14.4 Å². The molecule has 7 nitrogen and oxygen atoms in total. The van der Waals surface area contributed by atoms with E-state index in [4.69, 9.17) is 5.11 Å². The summed E-state index contributed by atoms with van der Waals surface area (Å²) in [7, 11) is 0. The quantitative estimate of drug-likeness (QED) is 0.767. The average molecular weight is 389 g/mol. The first-order chi connectivity index (χ1) is 12.8. The maximum absolute atomic E-state index is 12.4. The third kappa shape index (κ3) is 4.44. The van der Waals surface area contributed by atoms with E-state index in [1.54, 1.807) is 20.9 Å². The smallest absolute Gasteiger partial charge is 0.338 e. The maximum Gasteiger partial charge on any atom is 0.338 e. The second-order valence-corrected chi connectivity index (χ2v) is 8.34. The van der Waals surface area contributed by atoms with Gasteiger partial charge in [0.1, 0.15) is 0 Å². The number of amides is 1. The number of hydrogen-bond acceptors (Lipinski definition) is 5. The van der Waals surface area contributed by atoms with E-state index >= 15 is 0 Å². The van der Waals surface area contributed by atoms with Crippen molar-refractivity contribution in [3.05, 3.63) is 39.3 Å². The number of carboxylic acid groups (broad SMARTS) is 1. The summed E-state index contributed by atoms with van der Waals surface area (Å²) in [5, 5.41) is 13.1. The minimum Gasteiger partial charge on any atom is -0.478 e. The zero-order valence-electron chi connectivity index (χ0n) is 15.5. The molecule has 27 heavy (non-hydrogen) atoms. The third-order valence-corrected chi connectivity index (χ3v) is 5.91. The van der Waals surface area contributed by atoms with Crippen LogP contribution in [-0.2, 0) is 4.79 Å². The number of carbonyl (C=O) groups is 3. The molecule has 1 amide bonds. The Kier molecular flexibility index (Phi) is 5.74. The monoisotopic (exact) mass is 389 g/mol. The number of Topliss-reactive ketones (excluding diaryl/α,β-unsaturated/α-hetero) is 1. The number of piperidine rings is 1. The second kappa shape index (κ2) is 8.04. The number of ketones is 1. The highest BCUT2D eigenvalue weighted by Gasteiger charge is 2.25. The fourth-order valence-corrected chi connectivity index (χ4v) is 4.39. The fourth-order valence-electron chi connectivity index (χ4n) is 3.45. The van der Waals surface area contributed by atoms with Gasteiger partial charge in [-0.3, -0.25) is 14.3 Å². The van der Waals surface area contributed by atoms with Gasteiger partial charge in [0.15, 0.2) is 5.78 Å². The van der Waals surface area contributed by atoms with Gasteiger partial charge in [0.25, 0.3) is 0 Å². The number of aromatic nitrogens is 2. The van der Waals surface area contributed by atoms with Gasteiger partial charge < -0.3 is 10.0 Å². The van der Waals surface area contributed by atoms with Crippen molar-refractivity contribution < 1.29 is 19.5 Å². The molecule has 0 saturated carbocycles. The van der Waals surface area contributed by atoms with E-state index in [1.807, 2.05) is 19.9 Å². The first-order valence-corrected chi connectivity index (χ1v) is 9.82. The number of nitrogens with zero attached hydrogens (tertiary/aromatic N) is 3. The van der Waals surface area contributed by atoms with Crippen molar-refractivity contribution >= 4 is 29.0 Å². The molecular formula is C19H23N3O4S. The Morgan fingerprint density at radius 1 is 1.22 bits per heavy atom. The Labute approximate surface area is 161 Å². The molecule has 1 N–H and O–H groups in total. The molecule has 1 saturated heterocycles. The van der Waals surface area contributed by atoms with Crippen LogP contribution in [0.4, 0.5) is 0 Å². The lowest BCUT2D eigenvalue weighted by Gasteiger charge is -2.32. The van der Waals surface area contributed by atoms with E-state index < -0.39 is 5.97 Å². The molecule has 0 atom stereocenters. The molecule has 144 valence electrons. The van der Waals surface area contributed by atoms with Crippen molar-refractivity contribution in [1.29, 1.82) is 0 Å². The van der Waals surface area contributed by atoms with Crippen LogP contribution in [0.5, 0.6) is 0 Å². The van der Waals surface area contributed by atoms with Gasteiger partial charge in [0.2, 0.25) is 5.91 Å². The van der Waals surface area contributed by atoms with Crippen molar-refractivity contribution in [3.8, 4) is 0 Å². The van der Waals surface area contributed by atoms with E-state index in [0.717, 1.165) is 28.2 Å².